The first kappa shape index (κ1) is 14.1. The summed E-state index contributed by atoms with van der Waals surface area (Å²) in [4.78, 5) is 18.4. The Balaban J connectivity index is 2.10. The Morgan fingerprint density at radius 2 is 2.29 bits per heavy atom. The zero-order valence-electron chi connectivity index (χ0n) is 12.1. The van der Waals surface area contributed by atoms with Gasteiger partial charge in [-0.2, -0.15) is 0 Å². The molecule has 2 heterocycles. The number of carbonyl (C=O) groups excluding carboxylic acids is 1. The molecule has 0 radical (unpaired) electrons. The Hall–Kier alpha value is -1.82. The van der Waals surface area contributed by atoms with Crippen LogP contribution in [0.5, 0.6) is 0 Å². The van der Waals surface area contributed by atoms with Crippen molar-refractivity contribution in [2.24, 2.45) is 4.99 Å². The van der Waals surface area contributed by atoms with Crippen molar-refractivity contribution < 1.29 is 4.79 Å². The molecule has 2 aromatic rings. The molecule has 110 valence electrons. The molecule has 21 heavy (non-hydrogen) atoms. The highest BCUT2D eigenvalue weighted by atomic mass is 79.9. The fourth-order valence-corrected chi connectivity index (χ4v) is 2.89. The molecule has 0 spiro atoms. The van der Waals surface area contributed by atoms with E-state index >= 15 is 0 Å². The first-order valence-corrected chi connectivity index (χ1v) is 7.63. The van der Waals surface area contributed by atoms with Gasteiger partial charge in [0, 0.05) is 42.2 Å². The van der Waals surface area contributed by atoms with Crippen molar-refractivity contribution in [3.63, 3.8) is 0 Å². The summed E-state index contributed by atoms with van der Waals surface area (Å²) >= 11 is 3.48. The first-order valence-electron chi connectivity index (χ1n) is 6.83. The Morgan fingerprint density at radius 1 is 1.48 bits per heavy atom. The van der Waals surface area contributed by atoms with Crippen LogP contribution in [0.3, 0.4) is 0 Å². The maximum Gasteiger partial charge on any atom is 0.255 e. The van der Waals surface area contributed by atoms with Crippen LogP contribution >= 0.6 is 15.9 Å². The number of benzene rings is 1. The average molecular weight is 349 g/mol. The van der Waals surface area contributed by atoms with Gasteiger partial charge in [-0.05, 0) is 18.2 Å². The van der Waals surface area contributed by atoms with E-state index in [0.717, 1.165) is 39.9 Å². The summed E-state index contributed by atoms with van der Waals surface area (Å²) in [6, 6.07) is 6.01. The zero-order chi connectivity index (χ0) is 15.0. The lowest BCUT2D eigenvalue weighted by Gasteiger charge is -2.08. The van der Waals surface area contributed by atoms with E-state index in [1.165, 1.54) is 0 Å². The molecule has 0 bridgehead atoms. The van der Waals surface area contributed by atoms with E-state index in [4.69, 9.17) is 0 Å². The molecule has 6 heteroatoms. The minimum Gasteiger partial charge on any atom is -0.370 e. The van der Waals surface area contributed by atoms with Gasteiger partial charge in [0.05, 0.1) is 18.7 Å². The van der Waals surface area contributed by atoms with E-state index in [1.807, 2.05) is 24.4 Å². The van der Waals surface area contributed by atoms with Crippen LogP contribution in [0.2, 0.25) is 0 Å². The van der Waals surface area contributed by atoms with E-state index in [-0.39, 0.29) is 5.91 Å². The molecule has 1 aromatic heterocycles. The Labute approximate surface area is 131 Å². The summed E-state index contributed by atoms with van der Waals surface area (Å²) in [7, 11) is 3.54. The van der Waals surface area contributed by atoms with Gasteiger partial charge in [-0.1, -0.05) is 15.9 Å². The van der Waals surface area contributed by atoms with Gasteiger partial charge in [0.2, 0.25) is 0 Å². The van der Waals surface area contributed by atoms with Gasteiger partial charge >= 0.3 is 0 Å². The number of rotatable bonds is 3. The highest BCUT2D eigenvalue weighted by molar-refractivity contribution is 9.10. The van der Waals surface area contributed by atoms with Crippen molar-refractivity contribution in [1.82, 2.24) is 14.8 Å². The standard InChI is InChI=1S/C15H17BrN4O/c1-19(2)15(21)12-8-20(9-14-17-5-6-18-14)13-4-3-10(16)7-11(12)13/h3-4,7-8H,5-6,9H2,1-2H3,(H,17,18). The lowest BCUT2D eigenvalue weighted by atomic mass is 10.1. The number of aliphatic imine (C=N–C) groups is 1. The monoisotopic (exact) mass is 348 g/mol. The second kappa shape index (κ2) is 5.52. The number of fused-ring (bicyclic) bond motifs is 1. The molecule has 0 aliphatic carbocycles. The predicted octanol–water partition coefficient (Wildman–Crippen LogP) is 2.11. The van der Waals surface area contributed by atoms with Gasteiger partial charge < -0.3 is 14.8 Å². The van der Waals surface area contributed by atoms with Crippen molar-refractivity contribution in [1.29, 1.82) is 0 Å². The summed E-state index contributed by atoms with van der Waals surface area (Å²) in [6.45, 7) is 2.38. The van der Waals surface area contributed by atoms with Crippen LogP contribution in [0, 0.1) is 0 Å². The third-order valence-electron chi connectivity index (χ3n) is 3.54. The molecule has 1 N–H and O–H groups in total. The highest BCUT2D eigenvalue weighted by Crippen LogP contribution is 2.26. The number of aromatic nitrogens is 1. The van der Waals surface area contributed by atoms with Gasteiger partial charge in [-0.3, -0.25) is 9.79 Å². The molecular formula is C15H17BrN4O. The molecule has 5 nitrogen and oxygen atoms in total. The number of nitrogens with zero attached hydrogens (tertiary/aromatic N) is 3. The number of amides is 1. The first-order chi connectivity index (χ1) is 10.1. The minimum absolute atomic E-state index is 0.0122. The summed E-state index contributed by atoms with van der Waals surface area (Å²) < 4.78 is 3.05. The maximum atomic E-state index is 12.4. The van der Waals surface area contributed by atoms with Crippen molar-refractivity contribution in [3.05, 3.63) is 34.4 Å². The van der Waals surface area contributed by atoms with Crippen molar-refractivity contribution in [2.45, 2.75) is 6.54 Å². The van der Waals surface area contributed by atoms with Crippen LogP contribution < -0.4 is 5.32 Å². The molecule has 1 amide bonds. The third kappa shape index (κ3) is 2.68. The van der Waals surface area contributed by atoms with E-state index in [1.54, 1.807) is 19.0 Å². The minimum atomic E-state index is 0.0122. The smallest absolute Gasteiger partial charge is 0.255 e. The van der Waals surface area contributed by atoms with E-state index in [2.05, 4.69) is 30.8 Å². The molecule has 0 saturated carbocycles. The summed E-state index contributed by atoms with van der Waals surface area (Å²) in [5.74, 6) is 0.983. The molecule has 3 rings (SSSR count). The van der Waals surface area contributed by atoms with Crippen LogP contribution in [-0.4, -0.2) is 48.4 Å². The number of nitrogens with one attached hydrogen (secondary N) is 1. The van der Waals surface area contributed by atoms with Crippen LogP contribution in [0.4, 0.5) is 0 Å². The summed E-state index contributed by atoms with van der Waals surface area (Å²) in [6.07, 6.45) is 1.92. The largest absolute Gasteiger partial charge is 0.370 e. The lowest BCUT2D eigenvalue weighted by molar-refractivity contribution is 0.0829. The Bertz CT molecular complexity index is 733. The van der Waals surface area contributed by atoms with E-state index in [9.17, 15) is 4.79 Å². The molecule has 0 fully saturated rings. The van der Waals surface area contributed by atoms with E-state index < -0.39 is 0 Å². The molecule has 1 aliphatic heterocycles. The third-order valence-corrected chi connectivity index (χ3v) is 4.04. The number of amidine groups is 1. The van der Waals surface area contributed by atoms with Gasteiger partial charge in [0.25, 0.3) is 5.91 Å². The SMILES string of the molecule is CN(C)C(=O)c1cn(CC2=NCCN2)c2ccc(Br)cc12. The molecule has 0 atom stereocenters. The number of hydrogen-bond acceptors (Lipinski definition) is 3. The molecular weight excluding hydrogens is 332 g/mol. The van der Waals surface area contributed by atoms with Crippen molar-refractivity contribution in [3.8, 4) is 0 Å². The zero-order valence-corrected chi connectivity index (χ0v) is 13.6. The Morgan fingerprint density at radius 3 is 2.95 bits per heavy atom. The Kier molecular flexibility index (Phi) is 3.71. The van der Waals surface area contributed by atoms with Crippen LogP contribution in [0.15, 0.2) is 33.9 Å². The lowest BCUT2D eigenvalue weighted by Crippen LogP contribution is -2.23. The summed E-state index contributed by atoms with van der Waals surface area (Å²) in [5, 5.41) is 4.23. The van der Waals surface area contributed by atoms with Crippen molar-refractivity contribution in [2.75, 3.05) is 27.2 Å². The van der Waals surface area contributed by atoms with Crippen LogP contribution in [0.1, 0.15) is 10.4 Å². The predicted molar refractivity (Wildman–Crippen MR) is 88.0 cm³/mol. The topological polar surface area (TPSA) is 49.6 Å². The highest BCUT2D eigenvalue weighted by Gasteiger charge is 2.18. The quantitative estimate of drug-likeness (QED) is 0.923. The molecule has 1 aromatic carbocycles. The molecule has 1 aliphatic rings. The fraction of sp³-hybridized carbons (Fsp3) is 0.333. The van der Waals surface area contributed by atoms with Gasteiger partial charge in [-0.15, -0.1) is 0 Å². The summed E-state index contributed by atoms with van der Waals surface area (Å²) in [5.41, 5.74) is 1.76. The van der Waals surface area contributed by atoms with Gasteiger partial charge in [0.1, 0.15) is 5.84 Å². The van der Waals surface area contributed by atoms with E-state index in [0.29, 0.717) is 6.54 Å². The normalized spacial score (nSPS) is 14.1. The van der Waals surface area contributed by atoms with Crippen molar-refractivity contribution >= 4 is 38.6 Å². The molecule has 0 unspecified atom stereocenters. The maximum absolute atomic E-state index is 12.4. The number of hydrogen-bond donors (Lipinski definition) is 1. The average Bonchev–Trinajstić information content (AvgIpc) is 3.06. The fourth-order valence-electron chi connectivity index (χ4n) is 2.53. The second-order valence-electron chi connectivity index (χ2n) is 5.29. The molecule has 0 saturated heterocycles. The second-order valence-corrected chi connectivity index (χ2v) is 6.20. The number of carbonyl (C=O) groups is 1. The van der Waals surface area contributed by atoms with Gasteiger partial charge in [0.15, 0.2) is 0 Å². The van der Waals surface area contributed by atoms with Crippen LogP contribution in [0.25, 0.3) is 10.9 Å². The number of halogens is 1. The van der Waals surface area contributed by atoms with Gasteiger partial charge in [-0.25, -0.2) is 0 Å². The van der Waals surface area contributed by atoms with Crippen LogP contribution in [-0.2, 0) is 6.54 Å².